The minimum Gasteiger partial charge on any atom is -0.464 e. The van der Waals surface area contributed by atoms with Crippen LogP contribution in [-0.2, 0) is 20.7 Å². The van der Waals surface area contributed by atoms with Gasteiger partial charge in [-0.05, 0) is 55.2 Å². The molecule has 2 atom stereocenters. The second-order valence-corrected chi connectivity index (χ2v) is 7.66. The number of aliphatic hydroxyl groups excluding tert-OH is 1. The molecule has 1 amide bonds. The zero-order chi connectivity index (χ0) is 25.2. The Morgan fingerprint density at radius 3 is 2.34 bits per heavy atom. The summed E-state index contributed by atoms with van der Waals surface area (Å²) in [6.45, 7) is 3.71. The lowest BCUT2D eigenvalue weighted by Crippen LogP contribution is -2.49. The SMILES string of the molecule is CCOC(=O)c1ccccc1-c1ccnc(C(=O)N[C@H](Cc2ccccc2)[C@@H](O)C(=O)OCC)c1. The molecule has 3 aromatic rings. The fraction of sp³-hybridized carbons (Fsp3) is 0.259. The molecule has 0 bridgehead atoms. The van der Waals surface area contributed by atoms with Gasteiger partial charge < -0.3 is 19.9 Å². The molecule has 35 heavy (non-hydrogen) atoms. The number of amides is 1. The number of aliphatic hydroxyl groups is 1. The summed E-state index contributed by atoms with van der Waals surface area (Å²) in [4.78, 5) is 41.8. The zero-order valence-electron chi connectivity index (χ0n) is 19.6. The van der Waals surface area contributed by atoms with E-state index in [1.165, 1.54) is 6.20 Å². The van der Waals surface area contributed by atoms with E-state index in [1.807, 2.05) is 30.3 Å². The number of benzene rings is 2. The first-order chi connectivity index (χ1) is 16.9. The molecule has 1 heterocycles. The molecule has 2 aromatic carbocycles. The number of aromatic nitrogens is 1. The lowest BCUT2D eigenvalue weighted by Gasteiger charge is -2.23. The van der Waals surface area contributed by atoms with Gasteiger partial charge in [0.25, 0.3) is 5.91 Å². The summed E-state index contributed by atoms with van der Waals surface area (Å²) < 4.78 is 10.1. The third-order valence-corrected chi connectivity index (χ3v) is 5.25. The number of hydrogen-bond donors (Lipinski definition) is 2. The monoisotopic (exact) mass is 476 g/mol. The van der Waals surface area contributed by atoms with Gasteiger partial charge in [0.05, 0.1) is 24.8 Å². The molecule has 0 aliphatic heterocycles. The third-order valence-electron chi connectivity index (χ3n) is 5.25. The molecule has 2 N–H and O–H groups in total. The van der Waals surface area contributed by atoms with Crippen LogP contribution in [0.2, 0.25) is 0 Å². The predicted octanol–water partition coefficient (Wildman–Crippen LogP) is 3.19. The number of hydrogen-bond acceptors (Lipinski definition) is 7. The van der Waals surface area contributed by atoms with Crippen LogP contribution in [0.5, 0.6) is 0 Å². The van der Waals surface area contributed by atoms with E-state index in [1.54, 1.807) is 50.2 Å². The number of pyridine rings is 1. The van der Waals surface area contributed by atoms with Gasteiger partial charge in [-0.3, -0.25) is 9.78 Å². The van der Waals surface area contributed by atoms with Crippen molar-refractivity contribution in [1.82, 2.24) is 10.3 Å². The Morgan fingerprint density at radius 1 is 0.943 bits per heavy atom. The molecule has 8 heteroatoms. The topological polar surface area (TPSA) is 115 Å². The first kappa shape index (κ1) is 25.6. The van der Waals surface area contributed by atoms with Gasteiger partial charge in [-0.2, -0.15) is 0 Å². The lowest BCUT2D eigenvalue weighted by molar-refractivity contribution is -0.154. The average molecular weight is 477 g/mol. The van der Waals surface area contributed by atoms with Gasteiger partial charge >= 0.3 is 11.9 Å². The largest absolute Gasteiger partial charge is 0.464 e. The fourth-order valence-corrected chi connectivity index (χ4v) is 3.59. The highest BCUT2D eigenvalue weighted by atomic mass is 16.5. The Morgan fingerprint density at radius 2 is 1.63 bits per heavy atom. The molecular weight excluding hydrogens is 448 g/mol. The molecule has 1 aromatic heterocycles. The van der Waals surface area contributed by atoms with Crippen LogP contribution in [0.15, 0.2) is 72.9 Å². The van der Waals surface area contributed by atoms with Crippen molar-refractivity contribution in [3.05, 3.63) is 89.7 Å². The van der Waals surface area contributed by atoms with Crippen LogP contribution in [0.4, 0.5) is 0 Å². The highest BCUT2D eigenvalue weighted by Gasteiger charge is 2.30. The molecule has 8 nitrogen and oxygen atoms in total. The van der Waals surface area contributed by atoms with Crippen molar-refractivity contribution < 1.29 is 29.0 Å². The number of nitrogens with one attached hydrogen (secondary N) is 1. The van der Waals surface area contributed by atoms with Crippen LogP contribution < -0.4 is 5.32 Å². The first-order valence-electron chi connectivity index (χ1n) is 11.4. The summed E-state index contributed by atoms with van der Waals surface area (Å²) in [5.74, 6) is -1.87. The van der Waals surface area contributed by atoms with Gasteiger partial charge in [0, 0.05) is 6.20 Å². The summed E-state index contributed by atoms with van der Waals surface area (Å²) in [6.07, 6.45) is 0.102. The molecule has 0 unspecified atom stereocenters. The molecule has 0 aliphatic carbocycles. The van der Waals surface area contributed by atoms with Crippen LogP contribution in [0.25, 0.3) is 11.1 Å². The molecule has 3 rings (SSSR count). The lowest BCUT2D eigenvalue weighted by atomic mass is 9.99. The third kappa shape index (κ3) is 6.74. The van der Waals surface area contributed by atoms with Crippen molar-refractivity contribution in [1.29, 1.82) is 0 Å². The second-order valence-electron chi connectivity index (χ2n) is 7.66. The standard InChI is InChI=1S/C27H28N2O6/c1-3-34-26(32)21-13-9-8-12-20(21)19-14-15-28-23(17-19)25(31)29-22(24(30)27(33)35-4-2)16-18-10-6-5-7-11-18/h5-15,17,22,24,30H,3-4,16H2,1-2H3,(H,29,31)/t22-,24-/m1/s1. The molecule has 0 spiro atoms. The minimum atomic E-state index is -1.56. The van der Waals surface area contributed by atoms with E-state index in [0.29, 0.717) is 16.7 Å². The Bertz CT molecular complexity index is 1170. The average Bonchev–Trinajstić information content (AvgIpc) is 2.88. The van der Waals surface area contributed by atoms with E-state index in [-0.39, 0.29) is 25.3 Å². The van der Waals surface area contributed by atoms with E-state index >= 15 is 0 Å². The number of nitrogens with zero attached hydrogens (tertiary/aromatic N) is 1. The van der Waals surface area contributed by atoms with E-state index < -0.39 is 30.0 Å². The summed E-state index contributed by atoms with van der Waals surface area (Å²) in [7, 11) is 0. The molecular formula is C27H28N2O6. The number of esters is 2. The van der Waals surface area contributed by atoms with E-state index in [0.717, 1.165) is 5.56 Å². The van der Waals surface area contributed by atoms with Crippen molar-refractivity contribution in [2.24, 2.45) is 0 Å². The Kier molecular flexibility index (Phi) is 9.09. The maximum Gasteiger partial charge on any atom is 0.338 e. The van der Waals surface area contributed by atoms with Gasteiger partial charge in [0.15, 0.2) is 6.10 Å². The quantitative estimate of drug-likeness (QED) is 0.432. The van der Waals surface area contributed by atoms with Crippen LogP contribution in [0.1, 0.15) is 40.3 Å². The zero-order valence-corrected chi connectivity index (χ0v) is 19.6. The molecule has 0 aliphatic rings. The highest BCUT2D eigenvalue weighted by molar-refractivity contribution is 5.99. The maximum atomic E-state index is 13.1. The van der Waals surface area contributed by atoms with Crippen LogP contribution in [0.3, 0.4) is 0 Å². The Balaban J connectivity index is 1.87. The van der Waals surface area contributed by atoms with Crippen LogP contribution in [0, 0.1) is 0 Å². The predicted molar refractivity (Wildman–Crippen MR) is 130 cm³/mol. The van der Waals surface area contributed by atoms with Crippen molar-refractivity contribution in [3.8, 4) is 11.1 Å². The minimum absolute atomic E-state index is 0.0651. The Labute approximate surface area is 203 Å². The molecule has 182 valence electrons. The highest BCUT2D eigenvalue weighted by Crippen LogP contribution is 2.25. The number of rotatable bonds is 10. The summed E-state index contributed by atoms with van der Waals surface area (Å²) in [6, 6.07) is 18.4. The molecule has 0 saturated heterocycles. The fourth-order valence-electron chi connectivity index (χ4n) is 3.59. The molecule has 0 saturated carbocycles. The molecule has 0 radical (unpaired) electrons. The van der Waals surface area contributed by atoms with Gasteiger partial charge in [-0.15, -0.1) is 0 Å². The normalized spacial score (nSPS) is 12.3. The van der Waals surface area contributed by atoms with Crippen LogP contribution >= 0.6 is 0 Å². The van der Waals surface area contributed by atoms with Crippen molar-refractivity contribution in [2.75, 3.05) is 13.2 Å². The van der Waals surface area contributed by atoms with E-state index in [2.05, 4.69) is 10.3 Å². The van der Waals surface area contributed by atoms with Gasteiger partial charge in [0.2, 0.25) is 0 Å². The van der Waals surface area contributed by atoms with Crippen LogP contribution in [-0.4, -0.2) is 53.3 Å². The maximum absolute atomic E-state index is 13.1. The Hall–Kier alpha value is -4.04. The second kappa shape index (κ2) is 12.4. The van der Waals surface area contributed by atoms with Gasteiger partial charge in [-0.25, -0.2) is 9.59 Å². The van der Waals surface area contributed by atoms with E-state index in [4.69, 9.17) is 9.47 Å². The van der Waals surface area contributed by atoms with E-state index in [9.17, 15) is 19.5 Å². The summed E-state index contributed by atoms with van der Waals surface area (Å²) in [5, 5.41) is 13.3. The summed E-state index contributed by atoms with van der Waals surface area (Å²) >= 11 is 0. The number of carbonyl (C=O) groups excluding carboxylic acids is 3. The summed E-state index contributed by atoms with van der Waals surface area (Å²) in [5.41, 5.74) is 2.45. The smallest absolute Gasteiger partial charge is 0.338 e. The molecule has 0 fully saturated rings. The van der Waals surface area contributed by atoms with Crippen molar-refractivity contribution in [2.45, 2.75) is 32.4 Å². The van der Waals surface area contributed by atoms with Gasteiger partial charge in [0.1, 0.15) is 5.69 Å². The first-order valence-corrected chi connectivity index (χ1v) is 11.4. The van der Waals surface area contributed by atoms with Crippen molar-refractivity contribution >= 4 is 17.8 Å². The van der Waals surface area contributed by atoms with Crippen molar-refractivity contribution in [3.63, 3.8) is 0 Å². The number of ether oxygens (including phenoxy) is 2. The van der Waals surface area contributed by atoms with Gasteiger partial charge in [-0.1, -0.05) is 48.5 Å². The number of carbonyl (C=O) groups is 3.